The van der Waals surface area contributed by atoms with E-state index >= 15 is 0 Å². The smallest absolute Gasteiger partial charge is 0.274 e. The summed E-state index contributed by atoms with van der Waals surface area (Å²) in [7, 11) is 0. The Morgan fingerprint density at radius 3 is 2.75 bits per heavy atom. The summed E-state index contributed by atoms with van der Waals surface area (Å²) in [5.74, 6) is -0.142. The second-order valence-corrected chi connectivity index (χ2v) is 9.28. The van der Waals surface area contributed by atoms with E-state index in [0.29, 0.717) is 22.8 Å². The first-order chi connectivity index (χ1) is 13.3. The highest BCUT2D eigenvalue weighted by molar-refractivity contribution is 7.15. The number of H-pyrrole nitrogens is 1. The second-order valence-electron chi connectivity index (χ2n) is 8.17. The summed E-state index contributed by atoms with van der Waals surface area (Å²) in [6, 6.07) is 10.2. The second kappa shape index (κ2) is 7.02. The van der Waals surface area contributed by atoms with Crippen molar-refractivity contribution in [2.45, 2.75) is 40.0 Å². The normalized spacial score (nSPS) is 15.3. The third kappa shape index (κ3) is 3.64. The van der Waals surface area contributed by atoms with Crippen molar-refractivity contribution in [2.75, 3.05) is 5.32 Å². The van der Waals surface area contributed by atoms with Crippen LogP contribution in [0.3, 0.4) is 0 Å². The van der Waals surface area contributed by atoms with Crippen molar-refractivity contribution in [3.63, 3.8) is 0 Å². The number of thiazole rings is 1. The largest absolute Gasteiger partial charge is 0.354 e. The molecule has 0 bridgehead atoms. The molecule has 1 aromatic carbocycles. The van der Waals surface area contributed by atoms with E-state index in [1.807, 2.05) is 25.1 Å². The van der Waals surface area contributed by atoms with Crippen LogP contribution in [0, 0.1) is 12.3 Å². The fraction of sp³-hybridized carbons (Fsp3) is 0.318. The molecule has 4 rings (SSSR count). The Bertz CT molecular complexity index is 1050. The minimum absolute atomic E-state index is 0.0865. The molecule has 0 atom stereocenters. The van der Waals surface area contributed by atoms with E-state index in [2.05, 4.69) is 41.3 Å². The van der Waals surface area contributed by atoms with Gasteiger partial charge in [-0.3, -0.25) is 14.9 Å². The van der Waals surface area contributed by atoms with Crippen LogP contribution in [0.2, 0.25) is 0 Å². The molecule has 0 aliphatic heterocycles. The van der Waals surface area contributed by atoms with E-state index in [4.69, 9.17) is 0 Å². The SMILES string of the molecule is Cc1c(C(=O)Nc2ncc(Cc3ccccc3)s2)[nH]c2c1C(=O)CC(C)(C)C2. The molecule has 0 saturated heterocycles. The zero-order valence-electron chi connectivity index (χ0n) is 16.3. The Kier molecular flexibility index (Phi) is 4.67. The molecule has 5 nitrogen and oxygen atoms in total. The third-order valence-corrected chi connectivity index (χ3v) is 6.04. The number of anilines is 1. The van der Waals surface area contributed by atoms with Crippen LogP contribution in [0.5, 0.6) is 0 Å². The zero-order chi connectivity index (χ0) is 19.9. The first kappa shape index (κ1) is 18.6. The Balaban J connectivity index is 1.52. The number of hydrogen-bond acceptors (Lipinski definition) is 4. The molecule has 0 spiro atoms. The highest BCUT2D eigenvalue weighted by Crippen LogP contribution is 2.36. The predicted octanol–water partition coefficient (Wildman–Crippen LogP) is 4.78. The Labute approximate surface area is 168 Å². The van der Waals surface area contributed by atoms with Gasteiger partial charge in [-0.05, 0) is 29.9 Å². The summed E-state index contributed by atoms with van der Waals surface area (Å²) in [6.45, 7) is 5.99. The minimum atomic E-state index is -0.252. The molecule has 28 heavy (non-hydrogen) atoms. The van der Waals surface area contributed by atoms with Crippen molar-refractivity contribution in [2.24, 2.45) is 5.41 Å². The number of carbonyl (C=O) groups excluding carboxylic acids is 2. The average molecular weight is 394 g/mol. The van der Waals surface area contributed by atoms with Gasteiger partial charge in [0.15, 0.2) is 10.9 Å². The topological polar surface area (TPSA) is 74.8 Å². The lowest BCUT2D eigenvalue weighted by Gasteiger charge is -2.28. The summed E-state index contributed by atoms with van der Waals surface area (Å²) in [5, 5.41) is 3.44. The van der Waals surface area contributed by atoms with Gasteiger partial charge in [0, 0.05) is 35.2 Å². The number of hydrogen-bond donors (Lipinski definition) is 2. The molecule has 2 N–H and O–H groups in total. The monoisotopic (exact) mass is 393 g/mol. The zero-order valence-corrected chi connectivity index (χ0v) is 17.1. The number of nitrogens with one attached hydrogen (secondary N) is 2. The molecular formula is C22H23N3O2S. The number of Topliss-reactive ketones (excluding diaryl/α,β-unsaturated/α-hetero) is 1. The maximum Gasteiger partial charge on any atom is 0.274 e. The molecule has 1 aliphatic carbocycles. The lowest BCUT2D eigenvalue weighted by atomic mass is 9.75. The van der Waals surface area contributed by atoms with E-state index in [1.165, 1.54) is 16.9 Å². The van der Waals surface area contributed by atoms with Crippen LogP contribution in [0.4, 0.5) is 5.13 Å². The van der Waals surface area contributed by atoms with Crippen molar-refractivity contribution in [1.29, 1.82) is 0 Å². The first-order valence-corrected chi connectivity index (χ1v) is 10.2. The predicted molar refractivity (Wildman–Crippen MR) is 111 cm³/mol. The van der Waals surface area contributed by atoms with Gasteiger partial charge in [-0.1, -0.05) is 44.2 Å². The molecule has 144 valence electrons. The van der Waals surface area contributed by atoms with Crippen molar-refractivity contribution in [3.8, 4) is 0 Å². The maximum atomic E-state index is 12.8. The standard InChI is InChI=1S/C22H23N3O2S/c1-13-18-16(10-22(2,3)11-17(18)26)24-19(13)20(27)25-21-23-12-15(28-21)9-14-7-5-4-6-8-14/h4-8,12,24H,9-11H2,1-3H3,(H,23,25,27). The highest BCUT2D eigenvalue weighted by Gasteiger charge is 2.35. The summed E-state index contributed by atoms with van der Waals surface area (Å²) < 4.78 is 0. The van der Waals surface area contributed by atoms with Gasteiger partial charge in [0.1, 0.15) is 5.69 Å². The van der Waals surface area contributed by atoms with Gasteiger partial charge in [0.25, 0.3) is 5.91 Å². The fourth-order valence-corrected chi connectivity index (χ4v) is 4.71. The molecule has 1 aliphatic rings. The van der Waals surface area contributed by atoms with Crippen molar-refractivity contribution in [3.05, 3.63) is 69.5 Å². The van der Waals surface area contributed by atoms with Gasteiger partial charge in [-0.15, -0.1) is 11.3 Å². The van der Waals surface area contributed by atoms with E-state index in [-0.39, 0.29) is 17.1 Å². The number of amides is 1. The van der Waals surface area contributed by atoms with Crippen molar-refractivity contribution < 1.29 is 9.59 Å². The van der Waals surface area contributed by atoms with Crippen LogP contribution in [-0.2, 0) is 12.8 Å². The Morgan fingerprint density at radius 1 is 1.25 bits per heavy atom. The minimum Gasteiger partial charge on any atom is -0.354 e. The van der Waals surface area contributed by atoms with Gasteiger partial charge in [0.05, 0.1) is 0 Å². The molecule has 3 aromatic rings. The first-order valence-electron chi connectivity index (χ1n) is 9.37. The fourth-order valence-electron chi connectivity index (χ4n) is 3.86. The maximum absolute atomic E-state index is 12.8. The van der Waals surface area contributed by atoms with E-state index < -0.39 is 0 Å². The molecular weight excluding hydrogens is 370 g/mol. The van der Waals surface area contributed by atoms with Crippen molar-refractivity contribution in [1.82, 2.24) is 9.97 Å². The molecule has 2 heterocycles. The molecule has 0 radical (unpaired) electrons. The number of benzene rings is 1. The summed E-state index contributed by atoms with van der Waals surface area (Å²) in [5.41, 5.74) is 3.86. The van der Waals surface area contributed by atoms with Crippen LogP contribution in [0.1, 0.15) is 62.8 Å². The number of aromatic nitrogens is 2. The van der Waals surface area contributed by atoms with Crippen LogP contribution in [0.25, 0.3) is 0 Å². The van der Waals surface area contributed by atoms with E-state index in [0.717, 1.165) is 29.0 Å². The summed E-state index contributed by atoms with van der Waals surface area (Å²) in [6.07, 6.45) is 3.86. The van der Waals surface area contributed by atoms with Crippen LogP contribution >= 0.6 is 11.3 Å². The molecule has 0 unspecified atom stereocenters. The molecule has 0 fully saturated rings. The third-order valence-electron chi connectivity index (χ3n) is 5.12. The van der Waals surface area contributed by atoms with Gasteiger partial charge < -0.3 is 4.98 Å². The molecule has 1 amide bonds. The summed E-state index contributed by atoms with van der Waals surface area (Å²) in [4.78, 5) is 33.9. The quantitative estimate of drug-likeness (QED) is 0.670. The van der Waals surface area contributed by atoms with Crippen molar-refractivity contribution >= 4 is 28.2 Å². The summed E-state index contributed by atoms with van der Waals surface area (Å²) >= 11 is 1.47. The van der Waals surface area contributed by atoms with Gasteiger partial charge in [0.2, 0.25) is 0 Å². The lowest BCUT2D eigenvalue weighted by Crippen LogP contribution is -2.26. The highest BCUT2D eigenvalue weighted by atomic mass is 32.1. The number of fused-ring (bicyclic) bond motifs is 1. The lowest BCUT2D eigenvalue weighted by molar-refractivity contribution is 0.0910. The number of aromatic amines is 1. The number of nitrogens with zero attached hydrogens (tertiary/aromatic N) is 1. The Hall–Kier alpha value is -2.73. The van der Waals surface area contributed by atoms with E-state index in [1.54, 1.807) is 6.20 Å². The molecule has 2 aromatic heterocycles. The molecule has 0 saturated carbocycles. The van der Waals surface area contributed by atoms with Crippen LogP contribution in [-0.4, -0.2) is 21.7 Å². The van der Waals surface area contributed by atoms with Gasteiger partial charge >= 0.3 is 0 Å². The van der Waals surface area contributed by atoms with Crippen LogP contribution < -0.4 is 5.32 Å². The van der Waals surface area contributed by atoms with E-state index in [9.17, 15) is 9.59 Å². The van der Waals surface area contributed by atoms with Gasteiger partial charge in [-0.2, -0.15) is 0 Å². The Morgan fingerprint density at radius 2 is 2.00 bits per heavy atom. The van der Waals surface area contributed by atoms with Gasteiger partial charge in [-0.25, -0.2) is 4.98 Å². The average Bonchev–Trinajstić information content (AvgIpc) is 3.19. The number of carbonyl (C=O) groups is 2. The van der Waals surface area contributed by atoms with Crippen LogP contribution in [0.15, 0.2) is 36.5 Å². The number of ketones is 1. The molecule has 6 heteroatoms. The number of rotatable bonds is 4.